The third-order valence-electron chi connectivity index (χ3n) is 4.17. The van der Waals surface area contributed by atoms with Crippen molar-refractivity contribution in [3.8, 4) is 11.3 Å². The van der Waals surface area contributed by atoms with Crippen LogP contribution >= 0.6 is 0 Å². The Bertz CT molecular complexity index is 580. The third kappa shape index (κ3) is 2.93. The van der Waals surface area contributed by atoms with Crippen molar-refractivity contribution < 1.29 is 0 Å². The minimum atomic E-state index is 0.771. The molecule has 0 saturated carbocycles. The lowest BCUT2D eigenvalue weighted by Gasteiger charge is -2.21. The molecule has 0 amide bonds. The quantitative estimate of drug-likeness (QED) is 0.898. The first kappa shape index (κ1) is 13.4. The molecule has 3 heteroatoms. The minimum absolute atomic E-state index is 0.771. The first-order chi connectivity index (χ1) is 9.72. The molecule has 2 heterocycles. The Morgan fingerprint density at radius 3 is 2.75 bits per heavy atom. The van der Waals surface area contributed by atoms with E-state index in [2.05, 4.69) is 48.4 Å². The van der Waals surface area contributed by atoms with Gasteiger partial charge in [-0.3, -0.25) is 0 Å². The number of imidazole rings is 1. The van der Waals surface area contributed by atoms with Gasteiger partial charge in [0, 0.05) is 17.7 Å². The largest absolute Gasteiger partial charge is 0.346 e. The molecule has 106 valence electrons. The molecular weight excluding hydrogens is 246 g/mol. The highest BCUT2D eigenvalue weighted by atomic mass is 14.9. The maximum absolute atomic E-state index is 4.84. The number of aromatic amines is 1. The summed E-state index contributed by atoms with van der Waals surface area (Å²) in [5, 5.41) is 3.42. The van der Waals surface area contributed by atoms with Gasteiger partial charge in [-0.1, -0.05) is 23.8 Å². The van der Waals surface area contributed by atoms with Crippen molar-refractivity contribution in [1.29, 1.82) is 0 Å². The Morgan fingerprint density at radius 1 is 1.20 bits per heavy atom. The van der Waals surface area contributed by atoms with Gasteiger partial charge in [0.2, 0.25) is 0 Å². The SMILES string of the molecule is Cc1cccc(-c2nc(CC3CCNCC3)[nH]c2C)c1. The van der Waals surface area contributed by atoms with E-state index in [0.717, 1.165) is 36.9 Å². The molecule has 0 atom stereocenters. The fraction of sp³-hybridized carbons (Fsp3) is 0.471. The predicted octanol–water partition coefficient (Wildman–Crippen LogP) is 3.24. The fourth-order valence-corrected chi connectivity index (χ4v) is 3.05. The molecule has 1 aliphatic heterocycles. The topological polar surface area (TPSA) is 40.7 Å². The summed E-state index contributed by atoms with van der Waals surface area (Å²) < 4.78 is 0. The highest BCUT2D eigenvalue weighted by Gasteiger charge is 2.16. The molecule has 0 aliphatic carbocycles. The maximum atomic E-state index is 4.84. The van der Waals surface area contributed by atoms with E-state index in [9.17, 15) is 0 Å². The van der Waals surface area contributed by atoms with Gasteiger partial charge in [-0.25, -0.2) is 4.98 Å². The lowest BCUT2D eigenvalue weighted by molar-refractivity contribution is 0.368. The second-order valence-corrected chi connectivity index (χ2v) is 5.92. The standard InChI is InChI=1S/C17H23N3/c1-12-4-3-5-15(10-12)17-13(2)19-16(20-17)11-14-6-8-18-9-7-14/h3-5,10,14,18H,6-9,11H2,1-2H3,(H,19,20). The number of aromatic nitrogens is 2. The van der Waals surface area contributed by atoms with Gasteiger partial charge in [0.1, 0.15) is 5.82 Å². The second kappa shape index (κ2) is 5.80. The van der Waals surface area contributed by atoms with Crippen molar-refractivity contribution in [2.45, 2.75) is 33.1 Å². The molecule has 1 aromatic heterocycles. The third-order valence-corrected chi connectivity index (χ3v) is 4.17. The van der Waals surface area contributed by atoms with Crippen LogP contribution in [0, 0.1) is 19.8 Å². The molecule has 3 nitrogen and oxygen atoms in total. The van der Waals surface area contributed by atoms with Crippen molar-refractivity contribution in [2.75, 3.05) is 13.1 Å². The molecule has 0 radical (unpaired) electrons. The van der Waals surface area contributed by atoms with Gasteiger partial charge < -0.3 is 10.3 Å². The van der Waals surface area contributed by atoms with Crippen LogP contribution in [0.4, 0.5) is 0 Å². The molecule has 1 fully saturated rings. The van der Waals surface area contributed by atoms with Crippen molar-refractivity contribution in [3.05, 3.63) is 41.3 Å². The monoisotopic (exact) mass is 269 g/mol. The number of piperidine rings is 1. The van der Waals surface area contributed by atoms with Gasteiger partial charge in [-0.15, -0.1) is 0 Å². The normalized spacial score (nSPS) is 16.5. The summed E-state index contributed by atoms with van der Waals surface area (Å²) in [6.07, 6.45) is 3.60. The summed E-state index contributed by atoms with van der Waals surface area (Å²) in [6, 6.07) is 8.58. The molecule has 0 spiro atoms. The average molecular weight is 269 g/mol. The van der Waals surface area contributed by atoms with Gasteiger partial charge in [0.25, 0.3) is 0 Å². The molecule has 0 bridgehead atoms. The van der Waals surface area contributed by atoms with Gasteiger partial charge in [0.05, 0.1) is 5.69 Å². The Hall–Kier alpha value is -1.61. The van der Waals surface area contributed by atoms with E-state index in [4.69, 9.17) is 4.98 Å². The van der Waals surface area contributed by atoms with E-state index in [1.165, 1.54) is 29.7 Å². The zero-order valence-electron chi connectivity index (χ0n) is 12.4. The summed E-state index contributed by atoms with van der Waals surface area (Å²) in [6.45, 7) is 6.54. The van der Waals surface area contributed by atoms with E-state index in [1.54, 1.807) is 0 Å². The van der Waals surface area contributed by atoms with Gasteiger partial charge in [-0.2, -0.15) is 0 Å². The second-order valence-electron chi connectivity index (χ2n) is 5.92. The zero-order valence-corrected chi connectivity index (χ0v) is 12.4. The van der Waals surface area contributed by atoms with Crippen LogP contribution in [0.15, 0.2) is 24.3 Å². The Balaban J connectivity index is 1.80. The lowest BCUT2D eigenvalue weighted by atomic mass is 9.94. The highest BCUT2D eigenvalue weighted by Crippen LogP contribution is 2.24. The van der Waals surface area contributed by atoms with Crippen molar-refractivity contribution >= 4 is 0 Å². The molecule has 1 saturated heterocycles. The molecule has 3 rings (SSSR count). The first-order valence-corrected chi connectivity index (χ1v) is 7.55. The van der Waals surface area contributed by atoms with Gasteiger partial charge >= 0.3 is 0 Å². The number of nitrogens with zero attached hydrogens (tertiary/aromatic N) is 1. The number of hydrogen-bond acceptors (Lipinski definition) is 2. The lowest BCUT2D eigenvalue weighted by Crippen LogP contribution is -2.28. The Kier molecular flexibility index (Phi) is 3.88. The summed E-state index contributed by atoms with van der Waals surface area (Å²) in [5.74, 6) is 1.91. The van der Waals surface area contributed by atoms with Crippen LogP contribution in [0.5, 0.6) is 0 Å². The van der Waals surface area contributed by atoms with Crippen LogP contribution in [0.1, 0.15) is 29.9 Å². The molecule has 0 unspecified atom stereocenters. The van der Waals surface area contributed by atoms with Crippen LogP contribution in [-0.2, 0) is 6.42 Å². The van der Waals surface area contributed by atoms with Crippen LogP contribution in [0.25, 0.3) is 11.3 Å². The fourth-order valence-electron chi connectivity index (χ4n) is 3.05. The molecule has 20 heavy (non-hydrogen) atoms. The summed E-state index contributed by atoms with van der Waals surface area (Å²) in [7, 11) is 0. The summed E-state index contributed by atoms with van der Waals surface area (Å²) >= 11 is 0. The van der Waals surface area contributed by atoms with E-state index in [0.29, 0.717) is 0 Å². The number of H-pyrrole nitrogens is 1. The highest BCUT2D eigenvalue weighted by molar-refractivity contribution is 5.62. The first-order valence-electron chi connectivity index (χ1n) is 7.55. The van der Waals surface area contributed by atoms with E-state index >= 15 is 0 Å². The summed E-state index contributed by atoms with van der Waals surface area (Å²) in [5.41, 5.74) is 4.79. The number of hydrogen-bond donors (Lipinski definition) is 2. The number of benzene rings is 1. The smallest absolute Gasteiger partial charge is 0.107 e. The minimum Gasteiger partial charge on any atom is -0.346 e. The molecule has 2 aromatic rings. The van der Waals surface area contributed by atoms with Gasteiger partial charge in [-0.05, 0) is 51.8 Å². The van der Waals surface area contributed by atoms with Gasteiger partial charge in [0.15, 0.2) is 0 Å². The zero-order chi connectivity index (χ0) is 13.9. The predicted molar refractivity (Wildman–Crippen MR) is 82.8 cm³/mol. The van der Waals surface area contributed by atoms with Crippen molar-refractivity contribution in [3.63, 3.8) is 0 Å². The maximum Gasteiger partial charge on any atom is 0.107 e. The van der Waals surface area contributed by atoms with Crippen molar-refractivity contribution in [2.24, 2.45) is 5.92 Å². The Labute approximate surface area is 120 Å². The molecule has 1 aliphatic rings. The number of nitrogens with one attached hydrogen (secondary N) is 2. The molecule has 1 aromatic carbocycles. The summed E-state index contributed by atoms with van der Waals surface area (Å²) in [4.78, 5) is 8.32. The average Bonchev–Trinajstić information content (AvgIpc) is 2.81. The van der Waals surface area contributed by atoms with Crippen LogP contribution in [0.2, 0.25) is 0 Å². The van der Waals surface area contributed by atoms with Crippen LogP contribution in [0.3, 0.4) is 0 Å². The molecular formula is C17H23N3. The number of aryl methyl sites for hydroxylation is 2. The van der Waals surface area contributed by atoms with Crippen molar-refractivity contribution in [1.82, 2.24) is 15.3 Å². The number of rotatable bonds is 3. The van der Waals surface area contributed by atoms with E-state index in [1.807, 2.05) is 0 Å². The van der Waals surface area contributed by atoms with E-state index < -0.39 is 0 Å². The van der Waals surface area contributed by atoms with Crippen LogP contribution < -0.4 is 5.32 Å². The molecule has 2 N–H and O–H groups in total. The Morgan fingerprint density at radius 2 is 2.00 bits per heavy atom. The van der Waals surface area contributed by atoms with Crippen LogP contribution in [-0.4, -0.2) is 23.1 Å². The van der Waals surface area contributed by atoms with E-state index in [-0.39, 0.29) is 0 Å².